The Labute approximate surface area is 152 Å². The van der Waals surface area contributed by atoms with Gasteiger partial charge in [0.05, 0.1) is 11.0 Å². The summed E-state index contributed by atoms with van der Waals surface area (Å²) in [7, 11) is -0.614. The minimum Gasteiger partial charge on any atom is -0.482 e. The summed E-state index contributed by atoms with van der Waals surface area (Å²) in [6.45, 7) is -0.297. The third kappa shape index (κ3) is 5.04. The summed E-state index contributed by atoms with van der Waals surface area (Å²) < 4.78 is 37.0. The molecule has 0 aromatic heterocycles. The third-order valence-corrected chi connectivity index (χ3v) is 5.61. The lowest BCUT2D eigenvalue weighted by Crippen LogP contribution is -2.31. The lowest BCUT2D eigenvalue weighted by molar-refractivity contribution is -0.139. The van der Waals surface area contributed by atoms with Crippen LogP contribution in [0.1, 0.15) is 11.7 Å². The van der Waals surface area contributed by atoms with Crippen molar-refractivity contribution in [3.63, 3.8) is 0 Å². The zero-order chi connectivity index (χ0) is 19.2. The van der Waals surface area contributed by atoms with Crippen molar-refractivity contribution in [2.75, 3.05) is 27.3 Å². The highest BCUT2D eigenvalue weighted by Gasteiger charge is 2.24. The van der Waals surface area contributed by atoms with Gasteiger partial charge in [-0.3, -0.25) is 0 Å². The van der Waals surface area contributed by atoms with E-state index in [1.54, 1.807) is 54.6 Å². The highest BCUT2D eigenvalue weighted by atomic mass is 32.2. The zero-order valence-electron chi connectivity index (χ0n) is 14.5. The van der Waals surface area contributed by atoms with Gasteiger partial charge in [-0.05, 0) is 29.8 Å². The molecule has 0 amide bonds. The molecule has 140 valence electrons. The molecular weight excluding hydrogens is 358 g/mol. The Morgan fingerprint density at radius 2 is 1.73 bits per heavy atom. The molecule has 26 heavy (non-hydrogen) atoms. The summed E-state index contributed by atoms with van der Waals surface area (Å²) in [5.74, 6) is -0.646. The van der Waals surface area contributed by atoms with E-state index in [0.717, 1.165) is 5.56 Å². The Morgan fingerprint density at radius 3 is 2.27 bits per heavy atom. The molecule has 1 atom stereocenters. The molecule has 0 bridgehead atoms. The Bertz CT molecular complexity index is 821. The van der Waals surface area contributed by atoms with Gasteiger partial charge in [0, 0.05) is 20.7 Å². The van der Waals surface area contributed by atoms with E-state index in [1.807, 2.05) is 0 Å². The van der Waals surface area contributed by atoms with Crippen molar-refractivity contribution in [1.29, 1.82) is 0 Å². The summed E-state index contributed by atoms with van der Waals surface area (Å²) in [4.78, 5) is 10.7. The number of nitrogens with zero attached hydrogens (tertiary/aromatic N) is 1. The highest BCUT2D eigenvalue weighted by molar-refractivity contribution is 7.89. The van der Waals surface area contributed by atoms with Gasteiger partial charge < -0.3 is 14.6 Å². The van der Waals surface area contributed by atoms with Gasteiger partial charge in [-0.15, -0.1) is 0 Å². The fourth-order valence-corrected chi connectivity index (χ4v) is 3.54. The summed E-state index contributed by atoms with van der Waals surface area (Å²) in [5.41, 5.74) is 0.755. The smallest absolute Gasteiger partial charge is 0.341 e. The average Bonchev–Trinajstić information content (AvgIpc) is 2.65. The van der Waals surface area contributed by atoms with Crippen LogP contribution in [0, 0.1) is 0 Å². The van der Waals surface area contributed by atoms with E-state index >= 15 is 0 Å². The summed E-state index contributed by atoms with van der Waals surface area (Å²) in [5, 5.41) is 8.62. The molecule has 0 heterocycles. The van der Waals surface area contributed by atoms with Crippen molar-refractivity contribution in [2.24, 2.45) is 0 Å². The minimum absolute atomic E-state index is 0.128. The second-order valence-corrected chi connectivity index (χ2v) is 7.62. The number of hydrogen-bond acceptors (Lipinski definition) is 5. The molecule has 0 radical (unpaired) electrons. The molecule has 1 unspecified atom stereocenters. The standard InChI is InChI=1S/C18H21NO6S/c1-19(26(22,23)16-6-4-3-5-7-16)12-17(24-2)14-8-10-15(11-9-14)25-13-18(20)21/h3-11,17H,12-13H2,1-2H3,(H,20,21). The molecule has 0 aliphatic heterocycles. The van der Waals surface area contributed by atoms with E-state index in [2.05, 4.69) is 0 Å². The largest absolute Gasteiger partial charge is 0.482 e. The maximum absolute atomic E-state index is 12.6. The molecular formula is C18H21NO6S. The van der Waals surface area contributed by atoms with Gasteiger partial charge in [-0.2, -0.15) is 4.31 Å². The van der Waals surface area contributed by atoms with E-state index in [0.29, 0.717) is 5.75 Å². The van der Waals surface area contributed by atoms with Crippen molar-refractivity contribution in [1.82, 2.24) is 4.31 Å². The normalized spacial score (nSPS) is 12.7. The van der Waals surface area contributed by atoms with Crippen LogP contribution in [-0.4, -0.2) is 51.1 Å². The molecule has 0 saturated heterocycles. The Balaban J connectivity index is 2.10. The zero-order valence-corrected chi connectivity index (χ0v) is 15.3. The predicted molar refractivity (Wildman–Crippen MR) is 95.6 cm³/mol. The number of hydrogen-bond donors (Lipinski definition) is 1. The van der Waals surface area contributed by atoms with E-state index in [9.17, 15) is 13.2 Å². The molecule has 0 saturated carbocycles. The topological polar surface area (TPSA) is 93.1 Å². The third-order valence-electron chi connectivity index (χ3n) is 3.77. The van der Waals surface area contributed by atoms with Gasteiger partial charge in [0.25, 0.3) is 0 Å². The molecule has 0 spiro atoms. The number of aliphatic carboxylic acids is 1. The van der Waals surface area contributed by atoms with Crippen LogP contribution >= 0.6 is 0 Å². The maximum Gasteiger partial charge on any atom is 0.341 e. The van der Waals surface area contributed by atoms with Gasteiger partial charge in [0.15, 0.2) is 6.61 Å². The first-order chi connectivity index (χ1) is 12.3. The van der Waals surface area contributed by atoms with Gasteiger partial charge in [-0.25, -0.2) is 13.2 Å². The van der Waals surface area contributed by atoms with Gasteiger partial charge >= 0.3 is 5.97 Å². The number of sulfonamides is 1. The summed E-state index contributed by atoms with van der Waals surface area (Å²) in [6.07, 6.45) is -0.480. The number of likely N-dealkylation sites (N-methyl/N-ethyl adjacent to an activating group) is 1. The van der Waals surface area contributed by atoms with Crippen LogP contribution < -0.4 is 4.74 Å². The Kier molecular flexibility index (Phi) is 6.73. The summed E-state index contributed by atoms with van der Waals surface area (Å²) >= 11 is 0. The van der Waals surface area contributed by atoms with Crippen LogP contribution in [0.25, 0.3) is 0 Å². The fourth-order valence-electron chi connectivity index (χ4n) is 2.34. The first kappa shape index (κ1) is 19.9. The number of benzene rings is 2. The van der Waals surface area contributed by atoms with Gasteiger partial charge in [-0.1, -0.05) is 30.3 Å². The lowest BCUT2D eigenvalue weighted by atomic mass is 10.1. The van der Waals surface area contributed by atoms with Crippen LogP contribution in [0.2, 0.25) is 0 Å². The molecule has 8 heteroatoms. The van der Waals surface area contributed by atoms with Crippen LogP contribution in [0.5, 0.6) is 5.75 Å². The quantitative estimate of drug-likeness (QED) is 0.718. The maximum atomic E-state index is 12.6. The van der Waals surface area contributed by atoms with Crippen molar-refractivity contribution in [3.8, 4) is 5.75 Å². The second-order valence-electron chi connectivity index (χ2n) is 5.57. The number of ether oxygens (including phenoxy) is 2. The first-order valence-corrected chi connectivity index (χ1v) is 9.27. The lowest BCUT2D eigenvalue weighted by Gasteiger charge is -2.23. The summed E-state index contributed by atoms with van der Waals surface area (Å²) in [6, 6.07) is 14.9. The van der Waals surface area contributed by atoms with Crippen LogP contribution in [0.3, 0.4) is 0 Å². The number of carboxylic acid groups (broad SMARTS) is 1. The molecule has 0 aliphatic rings. The predicted octanol–water partition coefficient (Wildman–Crippen LogP) is 2.16. The molecule has 1 N–H and O–H groups in total. The van der Waals surface area contributed by atoms with Crippen LogP contribution in [0.4, 0.5) is 0 Å². The van der Waals surface area contributed by atoms with E-state index in [1.165, 1.54) is 18.5 Å². The van der Waals surface area contributed by atoms with E-state index < -0.39 is 28.7 Å². The van der Waals surface area contributed by atoms with E-state index in [4.69, 9.17) is 14.6 Å². The van der Waals surface area contributed by atoms with Crippen molar-refractivity contribution < 1.29 is 27.8 Å². The first-order valence-electron chi connectivity index (χ1n) is 7.83. The Hall–Kier alpha value is -2.42. The number of carboxylic acids is 1. The molecule has 0 aliphatic carbocycles. The van der Waals surface area contributed by atoms with Crippen molar-refractivity contribution in [3.05, 3.63) is 60.2 Å². The second kappa shape index (κ2) is 8.79. The SMILES string of the molecule is COC(CN(C)S(=O)(=O)c1ccccc1)c1ccc(OCC(=O)O)cc1. The monoisotopic (exact) mass is 379 g/mol. The van der Waals surface area contributed by atoms with Crippen molar-refractivity contribution in [2.45, 2.75) is 11.0 Å². The molecule has 2 aromatic carbocycles. The minimum atomic E-state index is -3.62. The van der Waals surface area contributed by atoms with E-state index in [-0.39, 0.29) is 11.4 Å². The van der Waals surface area contributed by atoms with Crippen molar-refractivity contribution >= 4 is 16.0 Å². The molecule has 0 fully saturated rings. The number of carbonyl (C=O) groups is 1. The molecule has 2 aromatic rings. The van der Waals surface area contributed by atoms with Crippen LogP contribution in [0.15, 0.2) is 59.5 Å². The molecule has 7 nitrogen and oxygen atoms in total. The average molecular weight is 379 g/mol. The number of methoxy groups -OCH3 is 1. The fraction of sp³-hybridized carbons (Fsp3) is 0.278. The van der Waals surface area contributed by atoms with Gasteiger partial charge in [0.2, 0.25) is 10.0 Å². The Morgan fingerprint density at radius 1 is 1.12 bits per heavy atom. The van der Waals surface area contributed by atoms with Gasteiger partial charge in [0.1, 0.15) is 5.75 Å². The number of rotatable bonds is 9. The van der Waals surface area contributed by atoms with Crippen LogP contribution in [-0.2, 0) is 19.6 Å². The molecule has 2 rings (SSSR count). The highest BCUT2D eigenvalue weighted by Crippen LogP contribution is 2.23.